The van der Waals surface area contributed by atoms with E-state index in [1.165, 1.54) is 0 Å². The summed E-state index contributed by atoms with van der Waals surface area (Å²) in [4.78, 5) is 41.3. The third-order valence-electron chi connectivity index (χ3n) is 8.06. The van der Waals surface area contributed by atoms with Crippen LogP contribution in [0.25, 0.3) is 0 Å². The summed E-state index contributed by atoms with van der Waals surface area (Å²) in [6.07, 6.45) is 4.34. The van der Waals surface area contributed by atoms with Crippen LogP contribution in [-0.2, 0) is 37.6 Å². The smallest absolute Gasteiger partial charge is 0.550 e. The molecule has 0 aromatic rings. The molecule has 0 radical (unpaired) electrons. The number of amides is 1. The van der Waals surface area contributed by atoms with Gasteiger partial charge in [-0.25, -0.2) is 0 Å². The Morgan fingerprint density at radius 2 is 1.83 bits per heavy atom. The van der Waals surface area contributed by atoms with Crippen LogP contribution in [0.4, 0.5) is 0 Å². The van der Waals surface area contributed by atoms with Crippen molar-refractivity contribution in [1.29, 1.82) is 0 Å². The normalized spacial score (nSPS) is 23.7. The van der Waals surface area contributed by atoms with Crippen molar-refractivity contribution >= 4 is 31.2 Å². The molecule has 2 aliphatic carbocycles. The predicted octanol–water partition coefficient (Wildman–Crippen LogP) is -0.496. The van der Waals surface area contributed by atoms with Gasteiger partial charge >= 0.3 is 43.1 Å². The third-order valence-corrected chi connectivity index (χ3v) is 10.1. The molecule has 0 aromatic carbocycles. The minimum absolute atomic E-state index is 0. The van der Waals surface area contributed by atoms with Crippen LogP contribution in [0.3, 0.4) is 0 Å². The van der Waals surface area contributed by atoms with Crippen LogP contribution in [0.1, 0.15) is 73.1 Å². The Labute approximate surface area is 294 Å². The van der Waals surface area contributed by atoms with E-state index in [-0.39, 0.29) is 105 Å². The average molecular weight is 681 g/mol. The molecule has 1 amide bonds. The summed E-state index contributed by atoms with van der Waals surface area (Å²) in [5, 5.41) is 37.9. The van der Waals surface area contributed by atoms with Gasteiger partial charge in [-0.1, -0.05) is 38.1 Å². The molecule has 3 N–H and O–H groups in total. The standard InChI is InChI=1S/C31H51N2O11P.Na/c1-6-20(4)31(39)44-27-16-23(33-41-19-28(36)32-13-14-45(40,42-7-2)43-8-3)15-22-10-9-21(5)26(30(22)27)12-11-24(34)17-25(35)18-29(37)38;/h9-10,15,20-21,24-27,30,34-35H,6-8,11-14,16-19H2,1-5H3,(H,32,36)(H,37,38);/q;+1/p-1/b33-23-;/t20-,21-,24+,25+,26-,27-,30?;/m0./s1. The van der Waals surface area contributed by atoms with E-state index in [1.54, 1.807) is 20.8 Å². The number of fused-ring (bicyclic) bond motifs is 1. The number of ether oxygens (including phenoxy) is 1. The number of carboxylic acids is 1. The zero-order valence-corrected chi connectivity index (χ0v) is 30.9. The number of aliphatic hydroxyl groups is 2. The van der Waals surface area contributed by atoms with E-state index in [9.17, 15) is 34.3 Å². The number of hydrogen-bond acceptors (Lipinski definition) is 12. The van der Waals surface area contributed by atoms with Crippen molar-refractivity contribution in [1.82, 2.24) is 5.32 Å². The third kappa shape index (κ3) is 14.3. The van der Waals surface area contributed by atoms with Gasteiger partial charge in [0.1, 0.15) is 6.10 Å². The van der Waals surface area contributed by atoms with Gasteiger partial charge in [0.25, 0.3) is 5.91 Å². The maximum atomic E-state index is 12.9. The summed E-state index contributed by atoms with van der Waals surface area (Å²) in [6, 6.07) is 0. The average Bonchev–Trinajstić information content (AvgIpc) is 2.96. The molecule has 0 saturated heterocycles. The minimum atomic E-state index is -3.29. The first kappa shape index (κ1) is 42.5. The van der Waals surface area contributed by atoms with Gasteiger partial charge in [0.2, 0.25) is 0 Å². The van der Waals surface area contributed by atoms with Gasteiger partial charge in [-0.2, -0.15) is 0 Å². The fraction of sp³-hybridized carbons (Fsp3) is 0.742. The molecule has 2 rings (SSSR count). The Morgan fingerprint density at radius 1 is 1.15 bits per heavy atom. The number of allylic oxidation sites excluding steroid dienone is 3. The van der Waals surface area contributed by atoms with E-state index in [2.05, 4.69) is 17.4 Å². The largest absolute Gasteiger partial charge is 1.00 e. The van der Waals surface area contributed by atoms with Crippen molar-refractivity contribution < 1.29 is 82.4 Å². The Hall–Kier alpha value is -1.57. The van der Waals surface area contributed by atoms with Gasteiger partial charge in [0, 0.05) is 31.3 Å². The summed E-state index contributed by atoms with van der Waals surface area (Å²) >= 11 is 0. The van der Waals surface area contributed by atoms with Crippen molar-refractivity contribution in [2.24, 2.45) is 28.8 Å². The van der Waals surface area contributed by atoms with Crippen molar-refractivity contribution in [2.45, 2.75) is 91.5 Å². The van der Waals surface area contributed by atoms with Crippen molar-refractivity contribution in [3.8, 4) is 0 Å². The van der Waals surface area contributed by atoms with E-state index >= 15 is 0 Å². The quantitative estimate of drug-likeness (QED) is 0.0650. The van der Waals surface area contributed by atoms with Crippen LogP contribution in [0.15, 0.2) is 29.0 Å². The van der Waals surface area contributed by atoms with Crippen LogP contribution in [0.5, 0.6) is 0 Å². The number of aliphatic hydroxyl groups excluding tert-OH is 2. The van der Waals surface area contributed by atoms with E-state index in [4.69, 9.17) is 18.6 Å². The zero-order chi connectivity index (χ0) is 33.6. The molecule has 46 heavy (non-hydrogen) atoms. The molecule has 2 aliphatic rings. The Balaban J connectivity index is 0.0000106. The van der Waals surface area contributed by atoms with Gasteiger partial charge in [-0.05, 0) is 63.0 Å². The molecule has 0 heterocycles. The summed E-state index contributed by atoms with van der Waals surface area (Å²) < 4.78 is 29.0. The van der Waals surface area contributed by atoms with Crippen molar-refractivity contribution in [3.63, 3.8) is 0 Å². The Bertz CT molecular complexity index is 1120. The molecule has 0 spiro atoms. The van der Waals surface area contributed by atoms with Crippen molar-refractivity contribution in [3.05, 3.63) is 23.8 Å². The van der Waals surface area contributed by atoms with Crippen LogP contribution in [0, 0.1) is 23.7 Å². The number of carbonyl (C=O) groups excluding carboxylic acids is 3. The van der Waals surface area contributed by atoms with E-state index in [1.807, 2.05) is 25.2 Å². The van der Waals surface area contributed by atoms with E-state index < -0.39 is 44.2 Å². The van der Waals surface area contributed by atoms with Crippen molar-refractivity contribution in [2.75, 3.05) is 32.5 Å². The maximum absolute atomic E-state index is 12.9. The van der Waals surface area contributed by atoms with E-state index in [0.717, 1.165) is 5.57 Å². The van der Waals surface area contributed by atoms with Crippen LogP contribution >= 0.6 is 7.60 Å². The summed E-state index contributed by atoms with van der Waals surface area (Å²) in [7, 11) is -3.29. The summed E-state index contributed by atoms with van der Waals surface area (Å²) in [5.74, 6) is -2.58. The summed E-state index contributed by atoms with van der Waals surface area (Å²) in [6.45, 7) is 9.32. The fourth-order valence-electron chi connectivity index (χ4n) is 5.57. The van der Waals surface area contributed by atoms with Gasteiger partial charge in [-0.3, -0.25) is 14.2 Å². The molecule has 13 nitrogen and oxygen atoms in total. The predicted molar refractivity (Wildman–Crippen MR) is 165 cm³/mol. The second-order valence-corrected chi connectivity index (χ2v) is 13.8. The monoisotopic (exact) mass is 680 g/mol. The maximum Gasteiger partial charge on any atom is 1.00 e. The number of carboxylic acid groups (broad SMARTS) is 1. The van der Waals surface area contributed by atoms with Crippen LogP contribution in [0.2, 0.25) is 0 Å². The Kier molecular flexibility index (Phi) is 19.8. The molecule has 256 valence electrons. The number of nitrogens with zero attached hydrogens (tertiary/aromatic N) is 1. The topological polar surface area (TPSA) is 193 Å². The number of oxime groups is 1. The second kappa shape index (κ2) is 21.4. The molecule has 1 unspecified atom stereocenters. The SMILES string of the molecule is CCOP(=O)(CCNC(=O)CO/N=C1/C=C2C=C[C@H](C)[C@H](CC[C@@H](O)C[C@@H](O)CC(=O)[O-])C2[C@@H](OC(=O)[C@@H](C)CC)C1)OCC.[Na+]. The first-order valence-electron chi connectivity index (χ1n) is 15.8. The summed E-state index contributed by atoms with van der Waals surface area (Å²) in [5.41, 5.74) is 1.38. The van der Waals surface area contributed by atoms with Crippen LogP contribution in [-0.4, -0.2) is 84.6 Å². The molecule has 0 aromatic heterocycles. The second-order valence-electron chi connectivity index (χ2n) is 11.6. The number of carbonyl (C=O) groups is 3. The Morgan fingerprint density at radius 3 is 2.43 bits per heavy atom. The first-order chi connectivity index (χ1) is 21.3. The number of hydrogen-bond donors (Lipinski definition) is 3. The molecule has 0 fully saturated rings. The number of nitrogens with one attached hydrogen (secondary N) is 1. The molecule has 7 atom stereocenters. The number of esters is 1. The van der Waals surface area contributed by atoms with E-state index in [0.29, 0.717) is 25.0 Å². The number of aliphatic carboxylic acids is 1. The number of rotatable bonds is 20. The molecule has 0 bridgehead atoms. The fourth-order valence-corrected chi connectivity index (χ4v) is 7.08. The zero-order valence-electron chi connectivity index (χ0n) is 28.0. The minimum Gasteiger partial charge on any atom is -0.550 e. The van der Waals surface area contributed by atoms with Gasteiger partial charge in [0.05, 0.1) is 43.2 Å². The molecular formula is C31H50N2NaO11P. The van der Waals surface area contributed by atoms with Crippen LogP contribution < -0.4 is 40.0 Å². The van der Waals surface area contributed by atoms with Gasteiger partial charge in [0.15, 0.2) is 6.61 Å². The molecule has 0 saturated carbocycles. The van der Waals surface area contributed by atoms with Gasteiger partial charge in [-0.15, -0.1) is 0 Å². The first-order valence-corrected chi connectivity index (χ1v) is 17.5. The molecular weight excluding hydrogens is 630 g/mol. The molecule has 15 heteroatoms. The molecule has 0 aliphatic heterocycles. The van der Waals surface area contributed by atoms with Gasteiger partial charge < -0.3 is 44.1 Å².